The maximum Gasteiger partial charge on any atom is 0.187 e. The molecule has 9 atom stereocenters. The normalized spacial score (nSPS) is 37.2. The summed E-state index contributed by atoms with van der Waals surface area (Å²) in [6, 6.07) is 0. The van der Waals surface area contributed by atoms with Crippen LogP contribution in [0.1, 0.15) is 0 Å². The van der Waals surface area contributed by atoms with E-state index in [4.69, 9.17) is 24.8 Å². The number of ether oxygens (including phenoxy) is 2. The molecule has 138 valence electrons. The van der Waals surface area contributed by atoms with Crippen molar-refractivity contribution in [1.29, 1.82) is 0 Å². The van der Waals surface area contributed by atoms with Gasteiger partial charge in [0.2, 0.25) is 0 Å². The fourth-order valence-corrected chi connectivity index (χ4v) is 2.16. The molecule has 1 fully saturated rings. The van der Waals surface area contributed by atoms with Gasteiger partial charge < -0.3 is 55.4 Å². The molecule has 1 saturated heterocycles. The molecule has 0 aliphatic carbocycles. The van der Waals surface area contributed by atoms with E-state index in [1.807, 2.05) is 0 Å². The van der Waals surface area contributed by atoms with E-state index < -0.39 is 74.9 Å². The molecule has 0 aromatic rings. The van der Waals surface area contributed by atoms with Gasteiger partial charge in [0.1, 0.15) is 48.8 Å². The van der Waals surface area contributed by atoms with Crippen LogP contribution in [0.2, 0.25) is 0 Å². The number of aliphatic hydroxyl groups excluding tert-OH is 9. The summed E-state index contributed by atoms with van der Waals surface area (Å²) in [6.07, 6.45) is -15.1. The summed E-state index contributed by atoms with van der Waals surface area (Å²) in [7, 11) is 0. The molecule has 11 heteroatoms. The van der Waals surface area contributed by atoms with E-state index in [0.717, 1.165) is 0 Å². The molecule has 1 rings (SSSR count). The highest BCUT2D eigenvalue weighted by molar-refractivity contribution is 4.91. The van der Waals surface area contributed by atoms with Crippen LogP contribution in [0.25, 0.3) is 0 Å². The second kappa shape index (κ2) is 9.15. The largest absolute Gasteiger partial charge is 0.394 e. The van der Waals surface area contributed by atoms with Crippen LogP contribution in [-0.2, 0) is 9.47 Å². The molecule has 11 nitrogen and oxygen atoms in total. The lowest BCUT2D eigenvalue weighted by atomic mass is 9.98. The fourth-order valence-electron chi connectivity index (χ4n) is 2.16. The van der Waals surface area contributed by atoms with Crippen molar-refractivity contribution in [3.8, 4) is 0 Å². The average Bonchev–Trinajstić information content (AvgIpc) is 2.57. The highest BCUT2D eigenvalue weighted by atomic mass is 16.7. The molecule has 0 saturated carbocycles. The van der Waals surface area contributed by atoms with E-state index in [0.29, 0.717) is 0 Å². The summed E-state index contributed by atoms with van der Waals surface area (Å²) < 4.78 is 10.1. The van der Waals surface area contributed by atoms with Gasteiger partial charge >= 0.3 is 0 Å². The van der Waals surface area contributed by atoms with Gasteiger partial charge in [-0.1, -0.05) is 0 Å². The molecular weight excluding hydrogens is 320 g/mol. The first kappa shape index (κ1) is 20.6. The van der Waals surface area contributed by atoms with E-state index in [1.165, 1.54) is 0 Å². The van der Waals surface area contributed by atoms with Crippen molar-refractivity contribution in [2.45, 2.75) is 55.1 Å². The Morgan fingerprint density at radius 3 is 1.87 bits per heavy atom. The maximum absolute atomic E-state index is 9.83. The molecular formula is C12H24O11. The first-order valence-corrected chi connectivity index (χ1v) is 7.00. The van der Waals surface area contributed by atoms with E-state index in [-0.39, 0.29) is 0 Å². The second-order valence-corrected chi connectivity index (χ2v) is 5.29. The lowest BCUT2D eigenvalue weighted by molar-refractivity contribution is -0.327. The summed E-state index contributed by atoms with van der Waals surface area (Å²) in [4.78, 5) is 0. The number of hydrogen-bond acceptors (Lipinski definition) is 11. The Morgan fingerprint density at radius 2 is 1.39 bits per heavy atom. The molecule has 23 heavy (non-hydrogen) atoms. The standard InChI is InChI=1S/C12H24O11/c13-1-4(16)7(18)11(5(17)2-14)23-12-10(21)9(20)8(19)6(3-15)22-12/h4-21H,1-3H2/t4?,5?,6?,7-,8-,9-,10?,11+,12-/m0/s1. The monoisotopic (exact) mass is 344 g/mol. The zero-order chi connectivity index (χ0) is 17.7. The summed E-state index contributed by atoms with van der Waals surface area (Å²) in [5, 5.41) is 84.9. The van der Waals surface area contributed by atoms with Gasteiger partial charge in [-0.3, -0.25) is 0 Å². The van der Waals surface area contributed by atoms with Crippen LogP contribution in [0, 0.1) is 0 Å². The van der Waals surface area contributed by atoms with E-state index in [1.54, 1.807) is 0 Å². The minimum absolute atomic E-state index is 0.708. The molecule has 0 bridgehead atoms. The number of rotatable bonds is 8. The summed E-state index contributed by atoms with van der Waals surface area (Å²) in [5.41, 5.74) is 0. The van der Waals surface area contributed by atoms with Crippen molar-refractivity contribution in [3.63, 3.8) is 0 Å². The lowest BCUT2D eigenvalue weighted by Gasteiger charge is -2.42. The number of aliphatic hydroxyl groups is 9. The third-order valence-electron chi connectivity index (χ3n) is 3.62. The zero-order valence-electron chi connectivity index (χ0n) is 12.2. The van der Waals surface area contributed by atoms with Gasteiger partial charge in [0.25, 0.3) is 0 Å². The van der Waals surface area contributed by atoms with Crippen molar-refractivity contribution in [1.82, 2.24) is 0 Å². The Bertz CT molecular complexity index is 341. The lowest BCUT2D eigenvalue weighted by Crippen LogP contribution is -2.61. The molecule has 0 spiro atoms. The quantitative estimate of drug-likeness (QED) is 0.203. The van der Waals surface area contributed by atoms with Crippen molar-refractivity contribution < 1.29 is 55.4 Å². The van der Waals surface area contributed by atoms with Crippen LogP contribution in [0.5, 0.6) is 0 Å². The van der Waals surface area contributed by atoms with Crippen molar-refractivity contribution >= 4 is 0 Å². The molecule has 0 aromatic heterocycles. The van der Waals surface area contributed by atoms with Gasteiger partial charge in [-0.2, -0.15) is 0 Å². The van der Waals surface area contributed by atoms with Gasteiger partial charge in [-0.25, -0.2) is 0 Å². The molecule has 1 aliphatic rings. The van der Waals surface area contributed by atoms with Gasteiger partial charge in [0, 0.05) is 0 Å². The predicted molar refractivity (Wildman–Crippen MR) is 70.8 cm³/mol. The predicted octanol–water partition coefficient (Wildman–Crippen LogP) is -5.76. The molecule has 4 unspecified atom stereocenters. The molecule has 0 aromatic carbocycles. The highest BCUT2D eigenvalue weighted by Gasteiger charge is 2.46. The van der Waals surface area contributed by atoms with Crippen LogP contribution in [-0.4, -0.2) is 121 Å². The Morgan fingerprint density at radius 1 is 0.826 bits per heavy atom. The van der Waals surface area contributed by atoms with E-state index >= 15 is 0 Å². The van der Waals surface area contributed by atoms with Gasteiger partial charge in [-0.15, -0.1) is 0 Å². The number of hydrogen-bond donors (Lipinski definition) is 9. The van der Waals surface area contributed by atoms with Crippen LogP contribution in [0.15, 0.2) is 0 Å². The van der Waals surface area contributed by atoms with Crippen molar-refractivity contribution in [3.05, 3.63) is 0 Å². The minimum atomic E-state index is -1.85. The Balaban J connectivity index is 2.89. The molecule has 0 radical (unpaired) electrons. The molecule has 0 amide bonds. The van der Waals surface area contributed by atoms with Crippen LogP contribution in [0.3, 0.4) is 0 Å². The third-order valence-corrected chi connectivity index (χ3v) is 3.62. The third kappa shape index (κ3) is 4.78. The Labute approximate surface area is 131 Å². The first-order chi connectivity index (χ1) is 10.8. The second-order valence-electron chi connectivity index (χ2n) is 5.29. The van der Waals surface area contributed by atoms with Gasteiger partial charge in [-0.05, 0) is 0 Å². The topological polar surface area (TPSA) is 201 Å². The SMILES string of the molecule is OCC(O)[C@@H](O[C@@H]1OC(CO)[C@H](O)[C@H](O)C1O)[C@@H](O)C(O)CO. The fraction of sp³-hybridized carbons (Fsp3) is 1.00. The molecule has 1 aliphatic heterocycles. The van der Waals surface area contributed by atoms with Crippen molar-refractivity contribution in [2.24, 2.45) is 0 Å². The molecule has 9 N–H and O–H groups in total. The van der Waals surface area contributed by atoms with Crippen LogP contribution in [0.4, 0.5) is 0 Å². The Hall–Kier alpha value is -0.440. The van der Waals surface area contributed by atoms with Gasteiger partial charge in [0.05, 0.1) is 19.8 Å². The average molecular weight is 344 g/mol. The minimum Gasteiger partial charge on any atom is -0.394 e. The smallest absolute Gasteiger partial charge is 0.187 e. The molecule has 1 heterocycles. The van der Waals surface area contributed by atoms with Crippen LogP contribution < -0.4 is 0 Å². The summed E-state index contributed by atoms with van der Waals surface area (Å²) in [6.45, 7) is -2.45. The highest BCUT2D eigenvalue weighted by Crippen LogP contribution is 2.24. The Kier molecular flexibility index (Phi) is 8.20. The summed E-state index contributed by atoms with van der Waals surface area (Å²) >= 11 is 0. The first-order valence-electron chi connectivity index (χ1n) is 7.00. The van der Waals surface area contributed by atoms with Crippen molar-refractivity contribution in [2.75, 3.05) is 19.8 Å². The zero-order valence-corrected chi connectivity index (χ0v) is 12.2. The van der Waals surface area contributed by atoms with Crippen LogP contribution >= 0.6 is 0 Å². The summed E-state index contributed by atoms with van der Waals surface area (Å²) in [5.74, 6) is 0. The van der Waals surface area contributed by atoms with Gasteiger partial charge in [0.15, 0.2) is 6.29 Å². The maximum atomic E-state index is 9.83. The van der Waals surface area contributed by atoms with E-state index in [2.05, 4.69) is 0 Å². The van der Waals surface area contributed by atoms with E-state index in [9.17, 15) is 30.6 Å².